The van der Waals surface area contributed by atoms with Crippen LogP contribution in [-0.2, 0) is 9.47 Å². The average molecular weight is 287 g/mol. The number of hydrogen-bond donors (Lipinski definition) is 0. The van der Waals surface area contributed by atoms with Gasteiger partial charge in [-0.2, -0.15) is 0 Å². The lowest BCUT2D eigenvalue weighted by atomic mass is 10.1. The monoisotopic (exact) mass is 287 g/mol. The number of fused-ring (bicyclic) bond motifs is 1. The molecule has 5 heteroatoms. The van der Waals surface area contributed by atoms with Crippen LogP contribution in [0.25, 0.3) is 10.9 Å². The van der Waals surface area contributed by atoms with Gasteiger partial charge in [0.25, 0.3) is 0 Å². The Labute approximate surface area is 122 Å². The molecule has 1 fully saturated rings. The average Bonchev–Trinajstić information content (AvgIpc) is 2.54. The molecule has 2 aromatic rings. The van der Waals surface area contributed by atoms with Crippen molar-refractivity contribution in [1.82, 2.24) is 4.98 Å². The largest absolute Gasteiger partial charge is 0.474 e. The molecule has 2 heterocycles. The Morgan fingerprint density at radius 3 is 2.81 bits per heavy atom. The minimum absolute atomic E-state index is 0.165. The molecule has 110 valence electrons. The van der Waals surface area contributed by atoms with Crippen LogP contribution in [0.15, 0.2) is 30.3 Å². The molecule has 1 aromatic carbocycles. The summed E-state index contributed by atoms with van der Waals surface area (Å²) in [6.45, 7) is 1.47. The van der Waals surface area contributed by atoms with E-state index in [2.05, 4.69) is 4.98 Å². The molecule has 0 aliphatic carbocycles. The Balaban J connectivity index is 1.81. The number of carbonyl (C=O) groups excluding carboxylic acids is 1. The molecule has 0 atom stereocenters. The first kappa shape index (κ1) is 13.8. The summed E-state index contributed by atoms with van der Waals surface area (Å²) in [5, 5.41) is 0.886. The van der Waals surface area contributed by atoms with Gasteiger partial charge in [-0.05, 0) is 24.3 Å². The predicted octanol–water partition coefficient (Wildman–Crippen LogP) is 2.58. The van der Waals surface area contributed by atoms with E-state index < -0.39 is 0 Å². The molecule has 0 bridgehead atoms. The number of methoxy groups -OCH3 is 1. The van der Waals surface area contributed by atoms with Gasteiger partial charge in [-0.1, -0.05) is 0 Å². The Hall–Kier alpha value is -2.14. The smallest absolute Gasteiger partial charge is 0.337 e. The third-order valence-corrected chi connectivity index (χ3v) is 3.54. The van der Waals surface area contributed by atoms with E-state index in [1.165, 1.54) is 7.11 Å². The number of carbonyl (C=O) groups is 1. The summed E-state index contributed by atoms with van der Waals surface area (Å²) in [6, 6.07) is 9.02. The van der Waals surface area contributed by atoms with Gasteiger partial charge in [-0.25, -0.2) is 9.78 Å². The zero-order chi connectivity index (χ0) is 14.7. The fourth-order valence-electron chi connectivity index (χ4n) is 2.38. The van der Waals surface area contributed by atoms with Gasteiger partial charge < -0.3 is 14.2 Å². The first-order chi connectivity index (χ1) is 10.3. The third kappa shape index (κ3) is 3.13. The number of hydrogen-bond acceptors (Lipinski definition) is 5. The molecule has 0 amide bonds. The normalized spacial score (nSPS) is 15.9. The van der Waals surface area contributed by atoms with Crippen molar-refractivity contribution in [3.8, 4) is 5.88 Å². The van der Waals surface area contributed by atoms with Crippen LogP contribution >= 0.6 is 0 Å². The number of aromatic nitrogens is 1. The lowest BCUT2D eigenvalue weighted by Gasteiger charge is -2.22. The maximum Gasteiger partial charge on any atom is 0.337 e. The van der Waals surface area contributed by atoms with Crippen LogP contribution in [0.5, 0.6) is 5.88 Å². The SMILES string of the molecule is COC(=O)c1ccc2nc(OC3CCOCC3)ccc2c1. The standard InChI is InChI=1S/C16H17NO4/c1-19-16(18)12-2-4-14-11(10-12)3-5-15(17-14)21-13-6-8-20-9-7-13/h2-5,10,13H,6-9H2,1H3. The number of esters is 1. The highest BCUT2D eigenvalue weighted by atomic mass is 16.5. The molecular formula is C16H17NO4. The summed E-state index contributed by atoms with van der Waals surface area (Å²) in [7, 11) is 1.37. The van der Waals surface area contributed by atoms with E-state index in [1.54, 1.807) is 18.2 Å². The second kappa shape index (κ2) is 6.10. The highest BCUT2D eigenvalue weighted by molar-refractivity contribution is 5.94. The molecule has 21 heavy (non-hydrogen) atoms. The molecule has 5 nitrogen and oxygen atoms in total. The van der Waals surface area contributed by atoms with Gasteiger partial charge in [0.1, 0.15) is 6.10 Å². The van der Waals surface area contributed by atoms with Gasteiger partial charge in [-0.3, -0.25) is 0 Å². The van der Waals surface area contributed by atoms with Gasteiger partial charge in [0.2, 0.25) is 5.88 Å². The van der Waals surface area contributed by atoms with Gasteiger partial charge in [0, 0.05) is 24.3 Å². The molecule has 1 aliphatic rings. The van der Waals surface area contributed by atoms with E-state index >= 15 is 0 Å². The van der Waals surface area contributed by atoms with Crippen LogP contribution in [0, 0.1) is 0 Å². The topological polar surface area (TPSA) is 57.7 Å². The molecule has 1 aromatic heterocycles. The molecule has 0 spiro atoms. The van der Waals surface area contributed by atoms with Crippen LogP contribution in [0.2, 0.25) is 0 Å². The van der Waals surface area contributed by atoms with Crippen molar-refractivity contribution in [1.29, 1.82) is 0 Å². The van der Waals surface area contributed by atoms with E-state index in [0.717, 1.165) is 37.0 Å². The second-order valence-corrected chi connectivity index (χ2v) is 4.98. The lowest BCUT2D eigenvalue weighted by molar-refractivity contribution is 0.0239. The van der Waals surface area contributed by atoms with E-state index in [-0.39, 0.29) is 12.1 Å². The lowest BCUT2D eigenvalue weighted by Crippen LogP contribution is -2.26. The van der Waals surface area contributed by atoms with E-state index in [4.69, 9.17) is 14.2 Å². The van der Waals surface area contributed by atoms with E-state index in [0.29, 0.717) is 11.4 Å². The summed E-state index contributed by atoms with van der Waals surface area (Å²) in [6.07, 6.45) is 1.94. The Kier molecular flexibility index (Phi) is 4.01. The summed E-state index contributed by atoms with van der Waals surface area (Å²) in [5.74, 6) is 0.264. The van der Waals surface area contributed by atoms with E-state index in [1.807, 2.05) is 12.1 Å². The summed E-state index contributed by atoms with van der Waals surface area (Å²) in [4.78, 5) is 16.0. The number of rotatable bonds is 3. The van der Waals surface area contributed by atoms with Crippen molar-refractivity contribution >= 4 is 16.9 Å². The summed E-state index contributed by atoms with van der Waals surface area (Å²) >= 11 is 0. The number of ether oxygens (including phenoxy) is 3. The van der Waals surface area contributed by atoms with Gasteiger partial charge in [0.15, 0.2) is 0 Å². The maximum absolute atomic E-state index is 11.5. The minimum atomic E-state index is -0.348. The molecule has 0 unspecified atom stereocenters. The maximum atomic E-state index is 11.5. The van der Waals surface area contributed by atoms with Crippen LogP contribution in [0.3, 0.4) is 0 Å². The highest BCUT2D eigenvalue weighted by Crippen LogP contribution is 2.21. The zero-order valence-corrected chi connectivity index (χ0v) is 11.9. The van der Waals surface area contributed by atoms with Crippen molar-refractivity contribution in [3.05, 3.63) is 35.9 Å². The van der Waals surface area contributed by atoms with Gasteiger partial charge in [-0.15, -0.1) is 0 Å². The van der Waals surface area contributed by atoms with Crippen LogP contribution in [0.1, 0.15) is 23.2 Å². The van der Waals surface area contributed by atoms with Crippen LogP contribution in [0.4, 0.5) is 0 Å². The van der Waals surface area contributed by atoms with E-state index in [9.17, 15) is 4.79 Å². The fraction of sp³-hybridized carbons (Fsp3) is 0.375. The fourth-order valence-corrected chi connectivity index (χ4v) is 2.38. The van der Waals surface area contributed by atoms with Crippen LogP contribution in [-0.4, -0.2) is 37.4 Å². The number of benzene rings is 1. The molecular weight excluding hydrogens is 270 g/mol. The second-order valence-electron chi connectivity index (χ2n) is 4.98. The summed E-state index contributed by atoms with van der Waals surface area (Å²) < 4.78 is 15.9. The minimum Gasteiger partial charge on any atom is -0.474 e. The summed E-state index contributed by atoms with van der Waals surface area (Å²) in [5.41, 5.74) is 1.32. The molecule has 1 aliphatic heterocycles. The molecule has 0 radical (unpaired) electrons. The molecule has 3 rings (SSSR count). The van der Waals surface area contributed by atoms with Crippen molar-refractivity contribution in [2.75, 3.05) is 20.3 Å². The van der Waals surface area contributed by atoms with Gasteiger partial charge in [0.05, 0.1) is 31.4 Å². The number of nitrogens with zero attached hydrogens (tertiary/aromatic N) is 1. The first-order valence-electron chi connectivity index (χ1n) is 7.00. The Morgan fingerprint density at radius 1 is 1.24 bits per heavy atom. The Bertz CT molecular complexity index is 650. The Morgan fingerprint density at radius 2 is 2.05 bits per heavy atom. The first-order valence-corrected chi connectivity index (χ1v) is 7.00. The van der Waals surface area contributed by atoms with Crippen LogP contribution < -0.4 is 4.74 Å². The quantitative estimate of drug-likeness (QED) is 0.812. The zero-order valence-electron chi connectivity index (χ0n) is 11.9. The highest BCUT2D eigenvalue weighted by Gasteiger charge is 2.16. The number of pyridine rings is 1. The van der Waals surface area contributed by atoms with Crippen molar-refractivity contribution in [2.24, 2.45) is 0 Å². The van der Waals surface area contributed by atoms with Crippen molar-refractivity contribution < 1.29 is 19.0 Å². The van der Waals surface area contributed by atoms with Crippen molar-refractivity contribution in [3.63, 3.8) is 0 Å². The van der Waals surface area contributed by atoms with Crippen molar-refractivity contribution in [2.45, 2.75) is 18.9 Å². The van der Waals surface area contributed by atoms with Gasteiger partial charge >= 0.3 is 5.97 Å². The predicted molar refractivity (Wildman–Crippen MR) is 77.6 cm³/mol. The molecule has 1 saturated heterocycles. The molecule has 0 saturated carbocycles. The molecule has 0 N–H and O–H groups in total. The third-order valence-electron chi connectivity index (χ3n) is 3.54.